The predicted octanol–water partition coefficient (Wildman–Crippen LogP) is 0.224. The summed E-state index contributed by atoms with van der Waals surface area (Å²) in [6.07, 6.45) is 0.223. The molecule has 2 heterocycles. The Labute approximate surface area is 99.6 Å². The molecule has 1 unspecified atom stereocenters. The number of hydrogen-bond acceptors (Lipinski definition) is 3. The monoisotopic (exact) mass is 233 g/mol. The van der Waals surface area contributed by atoms with Gasteiger partial charge in [0.15, 0.2) is 0 Å². The molecule has 2 N–H and O–H groups in total. The Kier molecular flexibility index (Phi) is 3.08. The molecular weight excluding hydrogens is 218 g/mol. The van der Waals surface area contributed by atoms with E-state index in [4.69, 9.17) is 5.73 Å². The molecule has 5 heteroatoms. The number of rotatable bonds is 3. The molecule has 2 rings (SSSR count). The Bertz CT molecular complexity index is 459. The molecule has 90 valence electrons. The minimum atomic E-state index is -0.405. The number of aromatic nitrogens is 1. The van der Waals surface area contributed by atoms with Crippen LogP contribution in [-0.4, -0.2) is 28.2 Å². The van der Waals surface area contributed by atoms with Gasteiger partial charge < -0.3 is 10.6 Å². The van der Waals surface area contributed by atoms with E-state index in [1.54, 1.807) is 4.90 Å². The molecule has 0 aromatic carbocycles. The zero-order chi connectivity index (χ0) is 12.4. The maximum absolute atomic E-state index is 11.7. The number of amides is 2. The number of pyridine rings is 1. The highest BCUT2D eigenvalue weighted by Crippen LogP contribution is 2.19. The molecule has 1 fully saturated rings. The normalized spacial score (nSPS) is 19.7. The van der Waals surface area contributed by atoms with E-state index in [2.05, 4.69) is 4.98 Å². The first-order valence-electron chi connectivity index (χ1n) is 5.56. The van der Waals surface area contributed by atoms with Gasteiger partial charge in [0.25, 0.3) is 0 Å². The van der Waals surface area contributed by atoms with Crippen molar-refractivity contribution in [2.24, 2.45) is 11.7 Å². The van der Waals surface area contributed by atoms with Crippen molar-refractivity contribution in [3.63, 3.8) is 0 Å². The van der Waals surface area contributed by atoms with E-state index in [1.807, 2.05) is 25.1 Å². The molecule has 0 spiro atoms. The number of likely N-dealkylation sites (tertiary alicyclic amines) is 1. The van der Waals surface area contributed by atoms with Crippen LogP contribution in [0.4, 0.5) is 0 Å². The van der Waals surface area contributed by atoms with Crippen LogP contribution in [0.5, 0.6) is 0 Å². The lowest BCUT2D eigenvalue weighted by atomic mass is 10.1. The van der Waals surface area contributed by atoms with Crippen molar-refractivity contribution in [2.45, 2.75) is 19.9 Å². The second kappa shape index (κ2) is 4.53. The SMILES string of the molecule is Cc1cccc(CN2CC(C(N)=O)CC2=O)n1. The maximum atomic E-state index is 11.7. The van der Waals surface area contributed by atoms with E-state index in [0.717, 1.165) is 11.4 Å². The summed E-state index contributed by atoms with van der Waals surface area (Å²) in [6, 6.07) is 5.68. The summed E-state index contributed by atoms with van der Waals surface area (Å²) in [4.78, 5) is 28.7. The predicted molar refractivity (Wildman–Crippen MR) is 61.7 cm³/mol. The summed E-state index contributed by atoms with van der Waals surface area (Å²) in [7, 11) is 0. The van der Waals surface area contributed by atoms with Crippen molar-refractivity contribution in [3.8, 4) is 0 Å². The Balaban J connectivity index is 2.05. The number of carbonyl (C=O) groups excluding carboxylic acids is 2. The number of nitrogens with two attached hydrogens (primary N) is 1. The van der Waals surface area contributed by atoms with E-state index in [9.17, 15) is 9.59 Å². The third-order valence-electron chi connectivity index (χ3n) is 2.92. The van der Waals surface area contributed by atoms with Gasteiger partial charge in [0.1, 0.15) is 0 Å². The molecule has 1 aliphatic heterocycles. The van der Waals surface area contributed by atoms with Crippen LogP contribution < -0.4 is 5.73 Å². The number of nitrogens with zero attached hydrogens (tertiary/aromatic N) is 2. The van der Waals surface area contributed by atoms with Crippen molar-refractivity contribution in [1.29, 1.82) is 0 Å². The first kappa shape index (κ1) is 11.6. The van der Waals surface area contributed by atoms with Gasteiger partial charge >= 0.3 is 0 Å². The topological polar surface area (TPSA) is 76.3 Å². The first-order chi connectivity index (χ1) is 8.06. The van der Waals surface area contributed by atoms with Crippen LogP contribution in [-0.2, 0) is 16.1 Å². The zero-order valence-electron chi connectivity index (χ0n) is 9.72. The van der Waals surface area contributed by atoms with Crippen molar-refractivity contribution in [3.05, 3.63) is 29.6 Å². The van der Waals surface area contributed by atoms with E-state index in [1.165, 1.54) is 0 Å². The fourth-order valence-electron chi connectivity index (χ4n) is 2.00. The van der Waals surface area contributed by atoms with Crippen LogP contribution in [0, 0.1) is 12.8 Å². The van der Waals surface area contributed by atoms with E-state index < -0.39 is 5.91 Å². The van der Waals surface area contributed by atoms with Gasteiger partial charge in [0, 0.05) is 18.7 Å². The average Bonchev–Trinajstić information content (AvgIpc) is 2.61. The third-order valence-corrected chi connectivity index (χ3v) is 2.92. The van der Waals surface area contributed by atoms with E-state index in [0.29, 0.717) is 13.1 Å². The molecule has 0 aliphatic carbocycles. The summed E-state index contributed by atoms with van der Waals surface area (Å²) >= 11 is 0. The molecule has 1 aromatic heterocycles. The second-order valence-corrected chi connectivity index (χ2v) is 4.35. The average molecular weight is 233 g/mol. The van der Waals surface area contributed by atoms with Gasteiger partial charge in [-0.25, -0.2) is 0 Å². The summed E-state index contributed by atoms with van der Waals surface area (Å²) in [6.45, 7) is 2.76. The molecule has 2 amide bonds. The van der Waals surface area contributed by atoms with Crippen LogP contribution in [0.2, 0.25) is 0 Å². The molecule has 5 nitrogen and oxygen atoms in total. The highest BCUT2D eigenvalue weighted by atomic mass is 16.2. The quantitative estimate of drug-likeness (QED) is 0.811. The fourth-order valence-corrected chi connectivity index (χ4v) is 2.00. The number of primary amides is 1. The van der Waals surface area contributed by atoms with Crippen LogP contribution in [0.3, 0.4) is 0 Å². The van der Waals surface area contributed by atoms with Crippen molar-refractivity contribution < 1.29 is 9.59 Å². The highest BCUT2D eigenvalue weighted by Gasteiger charge is 2.32. The smallest absolute Gasteiger partial charge is 0.223 e. The molecule has 0 bridgehead atoms. The van der Waals surface area contributed by atoms with E-state index >= 15 is 0 Å². The molecular formula is C12H15N3O2. The number of hydrogen-bond donors (Lipinski definition) is 1. The van der Waals surface area contributed by atoms with Gasteiger partial charge in [0.05, 0.1) is 18.2 Å². The lowest BCUT2D eigenvalue weighted by Crippen LogP contribution is -2.28. The molecule has 1 aliphatic rings. The maximum Gasteiger partial charge on any atom is 0.223 e. The molecule has 1 atom stereocenters. The first-order valence-corrected chi connectivity index (χ1v) is 5.56. The zero-order valence-corrected chi connectivity index (χ0v) is 9.72. The molecule has 1 saturated heterocycles. The molecule has 0 saturated carbocycles. The standard InChI is InChI=1S/C12H15N3O2/c1-8-3-2-4-10(14-8)7-15-6-9(12(13)17)5-11(15)16/h2-4,9H,5-7H2,1H3,(H2,13,17). The van der Waals surface area contributed by atoms with E-state index in [-0.39, 0.29) is 18.2 Å². The lowest BCUT2D eigenvalue weighted by molar-refractivity contribution is -0.128. The summed E-state index contributed by atoms with van der Waals surface area (Å²) in [5.74, 6) is -0.789. The minimum absolute atomic E-state index is 0.0305. The van der Waals surface area contributed by atoms with Crippen LogP contribution in [0.1, 0.15) is 17.8 Å². The molecule has 1 aromatic rings. The Hall–Kier alpha value is -1.91. The van der Waals surface area contributed by atoms with Gasteiger partial charge in [0.2, 0.25) is 11.8 Å². The van der Waals surface area contributed by atoms with Gasteiger partial charge in [-0.15, -0.1) is 0 Å². The highest BCUT2D eigenvalue weighted by molar-refractivity contribution is 5.88. The Morgan fingerprint density at radius 3 is 2.94 bits per heavy atom. The van der Waals surface area contributed by atoms with Crippen molar-refractivity contribution >= 4 is 11.8 Å². The second-order valence-electron chi connectivity index (χ2n) is 4.35. The van der Waals surface area contributed by atoms with Gasteiger partial charge in [-0.2, -0.15) is 0 Å². The summed E-state index contributed by atoms with van der Waals surface area (Å²) < 4.78 is 0. The number of carbonyl (C=O) groups is 2. The molecule has 0 radical (unpaired) electrons. The summed E-state index contributed by atoms with van der Waals surface area (Å²) in [5.41, 5.74) is 6.96. The van der Waals surface area contributed by atoms with Crippen molar-refractivity contribution in [2.75, 3.05) is 6.54 Å². The van der Waals surface area contributed by atoms with Crippen LogP contribution in [0.15, 0.2) is 18.2 Å². The van der Waals surface area contributed by atoms with Gasteiger partial charge in [-0.05, 0) is 19.1 Å². The van der Waals surface area contributed by atoms with Crippen molar-refractivity contribution in [1.82, 2.24) is 9.88 Å². The largest absolute Gasteiger partial charge is 0.369 e. The van der Waals surface area contributed by atoms with Crippen LogP contribution >= 0.6 is 0 Å². The molecule has 17 heavy (non-hydrogen) atoms. The van der Waals surface area contributed by atoms with Gasteiger partial charge in [-0.3, -0.25) is 14.6 Å². The van der Waals surface area contributed by atoms with Crippen LogP contribution in [0.25, 0.3) is 0 Å². The minimum Gasteiger partial charge on any atom is -0.369 e. The summed E-state index contributed by atoms with van der Waals surface area (Å²) in [5, 5.41) is 0. The Morgan fingerprint density at radius 2 is 2.35 bits per heavy atom. The third kappa shape index (κ3) is 2.61. The Morgan fingerprint density at radius 1 is 1.59 bits per heavy atom. The van der Waals surface area contributed by atoms with Gasteiger partial charge in [-0.1, -0.05) is 6.07 Å². The lowest BCUT2D eigenvalue weighted by Gasteiger charge is -2.15. The fraction of sp³-hybridized carbons (Fsp3) is 0.417. The number of aryl methyl sites for hydroxylation is 1.